The smallest absolute Gasteiger partial charge is 0.393 e. The van der Waals surface area contributed by atoms with Gasteiger partial charge >= 0.3 is 6.18 Å². The van der Waals surface area contributed by atoms with Crippen LogP contribution in [0.5, 0.6) is 0 Å². The molecule has 1 aliphatic carbocycles. The number of allylic oxidation sites excluding steroid dienone is 3. The Morgan fingerprint density at radius 3 is 2.61 bits per heavy atom. The highest BCUT2D eigenvalue weighted by molar-refractivity contribution is 7.99. The van der Waals surface area contributed by atoms with E-state index >= 15 is 0 Å². The van der Waals surface area contributed by atoms with Crippen LogP contribution in [0.4, 0.5) is 39.3 Å². The first kappa shape index (κ1) is 23.9. The third kappa shape index (κ3) is 5.72. The molecule has 1 unspecified atom stereocenters. The van der Waals surface area contributed by atoms with Crippen molar-refractivity contribution in [3.63, 3.8) is 0 Å². The molecule has 31 heavy (non-hydrogen) atoms. The van der Waals surface area contributed by atoms with E-state index in [9.17, 15) is 22.0 Å². The second-order valence-electron chi connectivity index (χ2n) is 7.83. The number of alkyl halides is 5. The van der Waals surface area contributed by atoms with Crippen LogP contribution >= 0.6 is 23.4 Å². The molecule has 1 aliphatic heterocycles. The van der Waals surface area contributed by atoms with Gasteiger partial charge < -0.3 is 10.6 Å². The van der Waals surface area contributed by atoms with Gasteiger partial charge in [0.2, 0.25) is 0 Å². The first-order chi connectivity index (χ1) is 14.3. The Morgan fingerprint density at radius 2 is 2.03 bits per heavy atom. The van der Waals surface area contributed by atoms with Crippen molar-refractivity contribution in [2.45, 2.75) is 37.0 Å². The fourth-order valence-corrected chi connectivity index (χ4v) is 4.19. The Morgan fingerprint density at radius 1 is 1.32 bits per heavy atom. The SMILES string of the molecule is CC1(CN(N)c2nc(SCC(F)(F)F)nc(N3CCC(F)(F)C3)c2N)CC=CC=C1Cl. The fraction of sp³-hybridized carbons (Fsp3) is 0.556. The van der Waals surface area contributed by atoms with Gasteiger partial charge in [0.1, 0.15) is 5.69 Å². The maximum atomic E-state index is 13.7. The number of rotatable bonds is 6. The number of nitrogens with zero attached hydrogens (tertiary/aromatic N) is 4. The van der Waals surface area contributed by atoms with Crippen LogP contribution in [0.2, 0.25) is 0 Å². The summed E-state index contributed by atoms with van der Waals surface area (Å²) in [5.41, 5.74) is 5.50. The Bertz CT molecular complexity index is 893. The van der Waals surface area contributed by atoms with Gasteiger partial charge in [0.25, 0.3) is 5.92 Å². The second kappa shape index (κ2) is 8.62. The van der Waals surface area contributed by atoms with E-state index in [0.717, 1.165) is 0 Å². The first-order valence-corrected chi connectivity index (χ1v) is 10.7. The molecule has 13 heteroatoms. The summed E-state index contributed by atoms with van der Waals surface area (Å²) in [4.78, 5) is 9.37. The van der Waals surface area contributed by atoms with E-state index in [4.69, 9.17) is 23.2 Å². The summed E-state index contributed by atoms with van der Waals surface area (Å²) in [6, 6.07) is 0. The van der Waals surface area contributed by atoms with Crippen molar-refractivity contribution < 1.29 is 22.0 Å². The molecule has 2 aliphatic rings. The van der Waals surface area contributed by atoms with E-state index in [1.807, 2.05) is 19.1 Å². The van der Waals surface area contributed by atoms with E-state index in [1.54, 1.807) is 6.08 Å². The van der Waals surface area contributed by atoms with Crippen molar-refractivity contribution in [3.8, 4) is 0 Å². The van der Waals surface area contributed by atoms with Gasteiger partial charge in [-0.25, -0.2) is 24.6 Å². The molecule has 0 amide bonds. The molecule has 6 nitrogen and oxygen atoms in total. The fourth-order valence-electron chi connectivity index (χ4n) is 3.38. The quantitative estimate of drug-likeness (QED) is 0.204. The minimum Gasteiger partial charge on any atom is -0.393 e. The van der Waals surface area contributed by atoms with E-state index < -0.39 is 36.2 Å². The van der Waals surface area contributed by atoms with Gasteiger partial charge in [0.15, 0.2) is 16.8 Å². The minimum atomic E-state index is -4.46. The number of hydrazine groups is 1. The van der Waals surface area contributed by atoms with Crippen LogP contribution in [0.25, 0.3) is 0 Å². The summed E-state index contributed by atoms with van der Waals surface area (Å²) in [6.07, 6.45) is 1.15. The number of thioether (sulfide) groups is 1. The lowest BCUT2D eigenvalue weighted by molar-refractivity contribution is -0.105. The van der Waals surface area contributed by atoms with Crippen molar-refractivity contribution in [2.75, 3.05) is 41.0 Å². The van der Waals surface area contributed by atoms with Crippen LogP contribution in [0.15, 0.2) is 28.4 Å². The topological polar surface area (TPSA) is 84.3 Å². The first-order valence-electron chi connectivity index (χ1n) is 9.35. The predicted octanol–water partition coefficient (Wildman–Crippen LogP) is 4.33. The Balaban J connectivity index is 1.94. The molecule has 0 bridgehead atoms. The second-order valence-corrected chi connectivity index (χ2v) is 9.18. The van der Waals surface area contributed by atoms with Crippen molar-refractivity contribution in [1.82, 2.24) is 9.97 Å². The number of nitrogen functional groups attached to an aromatic ring is 1. The maximum absolute atomic E-state index is 13.7. The highest BCUT2D eigenvalue weighted by Gasteiger charge is 2.40. The van der Waals surface area contributed by atoms with Crippen molar-refractivity contribution >= 4 is 40.7 Å². The highest BCUT2D eigenvalue weighted by atomic mass is 35.5. The van der Waals surface area contributed by atoms with Crippen LogP contribution in [0, 0.1) is 5.41 Å². The zero-order valence-corrected chi connectivity index (χ0v) is 18.2. The predicted molar refractivity (Wildman–Crippen MR) is 112 cm³/mol. The van der Waals surface area contributed by atoms with Gasteiger partial charge in [-0.2, -0.15) is 13.2 Å². The monoisotopic (exact) mass is 484 g/mol. The van der Waals surface area contributed by atoms with Crippen LogP contribution in [0.3, 0.4) is 0 Å². The zero-order valence-electron chi connectivity index (χ0n) is 16.6. The summed E-state index contributed by atoms with van der Waals surface area (Å²) in [5.74, 6) is 1.92. The van der Waals surface area contributed by atoms with E-state index in [1.165, 1.54) is 9.91 Å². The van der Waals surface area contributed by atoms with E-state index in [-0.39, 0.29) is 35.6 Å². The number of anilines is 3. The molecule has 1 atom stereocenters. The summed E-state index contributed by atoms with van der Waals surface area (Å²) in [6.45, 7) is 1.33. The summed E-state index contributed by atoms with van der Waals surface area (Å²) < 4.78 is 65.6. The van der Waals surface area contributed by atoms with Gasteiger partial charge in [-0.15, -0.1) is 0 Å². The molecular weight excluding hydrogens is 463 g/mol. The van der Waals surface area contributed by atoms with Gasteiger partial charge in [-0.05, 0) is 12.5 Å². The normalized spacial score (nSPS) is 23.2. The molecule has 172 valence electrons. The lowest BCUT2D eigenvalue weighted by atomic mass is 9.83. The molecule has 4 N–H and O–H groups in total. The number of halogens is 6. The standard InChI is InChI=1S/C18H22ClF5N6S/c1-16(5-3-2-4-11(16)19)8-30(26)14-12(25)13(29-7-6-17(20,21)9-29)27-15(28-14)31-10-18(22,23)24/h2-4H,5-10,25-26H2,1H3. The molecule has 1 saturated heterocycles. The average molecular weight is 485 g/mol. The van der Waals surface area contributed by atoms with Gasteiger partial charge in [-0.3, -0.25) is 5.01 Å². The molecule has 1 aromatic heterocycles. The molecular formula is C18H22ClF5N6S. The molecule has 2 heterocycles. The van der Waals surface area contributed by atoms with Gasteiger partial charge in [-0.1, -0.05) is 42.4 Å². The number of nitrogens with two attached hydrogens (primary N) is 2. The summed E-state index contributed by atoms with van der Waals surface area (Å²) >= 11 is 6.67. The highest BCUT2D eigenvalue weighted by Crippen LogP contribution is 2.41. The molecule has 0 radical (unpaired) electrons. The summed E-state index contributed by atoms with van der Waals surface area (Å²) in [5, 5.41) is 1.48. The van der Waals surface area contributed by atoms with Crippen molar-refractivity contribution in [3.05, 3.63) is 23.3 Å². The van der Waals surface area contributed by atoms with Crippen molar-refractivity contribution in [2.24, 2.45) is 11.3 Å². The largest absolute Gasteiger partial charge is 0.398 e. The third-order valence-corrected chi connectivity index (χ3v) is 6.53. The maximum Gasteiger partial charge on any atom is 0.398 e. The molecule has 1 fully saturated rings. The Kier molecular flexibility index (Phi) is 6.64. The minimum absolute atomic E-state index is 0.0369. The lowest BCUT2D eigenvalue weighted by Crippen LogP contribution is -2.42. The third-order valence-electron chi connectivity index (χ3n) is 5.03. The van der Waals surface area contributed by atoms with Crippen molar-refractivity contribution in [1.29, 1.82) is 0 Å². The van der Waals surface area contributed by atoms with Crippen LogP contribution in [0.1, 0.15) is 19.8 Å². The molecule has 0 saturated carbocycles. The molecule has 0 aromatic carbocycles. The van der Waals surface area contributed by atoms with Gasteiger partial charge in [0.05, 0.1) is 12.3 Å². The van der Waals surface area contributed by atoms with Gasteiger partial charge in [0, 0.05) is 30.0 Å². The average Bonchev–Trinajstić information content (AvgIpc) is 3.02. The van der Waals surface area contributed by atoms with Crippen LogP contribution in [-0.4, -0.2) is 47.5 Å². The molecule has 0 spiro atoms. The van der Waals surface area contributed by atoms with E-state index in [2.05, 4.69) is 9.97 Å². The Labute approximate surface area is 185 Å². The number of hydrogen-bond acceptors (Lipinski definition) is 7. The van der Waals surface area contributed by atoms with Crippen LogP contribution in [-0.2, 0) is 0 Å². The summed E-state index contributed by atoms with van der Waals surface area (Å²) in [7, 11) is 0. The molecule has 3 rings (SSSR count). The Hall–Kier alpha value is -1.79. The zero-order chi connectivity index (χ0) is 23.0. The number of aromatic nitrogens is 2. The number of hydrogen-bond donors (Lipinski definition) is 2. The lowest BCUT2D eigenvalue weighted by Gasteiger charge is -2.35. The van der Waals surface area contributed by atoms with Crippen LogP contribution < -0.4 is 21.5 Å². The molecule has 1 aromatic rings. The van der Waals surface area contributed by atoms with E-state index in [0.29, 0.717) is 23.2 Å².